The van der Waals surface area contributed by atoms with E-state index in [1.54, 1.807) is 0 Å². The predicted molar refractivity (Wildman–Crippen MR) is 71.8 cm³/mol. The van der Waals surface area contributed by atoms with E-state index in [4.69, 9.17) is 0 Å². The predicted octanol–water partition coefficient (Wildman–Crippen LogP) is -0.662. The fraction of sp³-hybridized carbons (Fsp3) is 0.900. The highest BCUT2D eigenvalue weighted by molar-refractivity contribution is 7.92. The quantitative estimate of drug-likeness (QED) is 0.680. The molecule has 1 amide bonds. The van der Waals surface area contributed by atoms with Crippen molar-refractivity contribution in [3.05, 3.63) is 0 Å². The summed E-state index contributed by atoms with van der Waals surface area (Å²) in [5.41, 5.74) is 0. The second-order valence-electron chi connectivity index (χ2n) is 4.20. The summed E-state index contributed by atoms with van der Waals surface area (Å²) in [4.78, 5) is 11.5. The summed E-state index contributed by atoms with van der Waals surface area (Å²) in [6, 6.07) is 0.0499. The molecule has 0 bridgehead atoms. The van der Waals surface area contributed by atoms with Crippen molar-refractivity contribution in [2.24, 2.45) is 0 Å². The second kappa shape index (κ2) is 8.68. The molecule has 2 N–H and O–H groups in total. The molecule has 1 aliphatic rings. The summed E-state index contributed by atoms with van der Waals surface area (Å²) in [5, 5.41) is 5.88. The van der Waals surface area contributed by atoms with E-state index in [-0.39, 0.29) is 30.8 Å². The van der Waals surface area contributed by atoms with Gasteiger partial charge in [-0.2, -0.15) is 0 Å². The van der Waals surface area contributed by atoms with Crippen molar-refractivity contribution in [2.75, 3.05) is 38.3 Å². The number of hydrogen-bond donors (Lipinski definition) is 2. The zero-order valence-electron chi connectivity index (χ0n) is 10.5. The van der Waals surface area contributed by atoms with Crippen LogP contribution in [0.2, 0.25) is 0 Å². The van der Waals surface area contributed by atoms with Gasteiger partial charge in [-0.1, -0.05) is 0 Å². The van der Waals surface area contributed by atoms with Crippen molar-refractivity contribution < 1.29 is 17.9 Å². The van der Waals surface area contributed by atoms with Gasteiger partial charge in [0.2, 0.25) is 5.91 Å². The molecule has 0 radical (unpaired) electrons. The molecule has 0 unspecified atom stereocenters. The lowest BCUT2D eigenvalue weighted by Gasteiger charge is -2.23. The molecule has 0 saturated carbocycles. The second-order valence-corrected chi connectivity index (χ2v) is 6.38. The fourth-order valence-electron chi connectivity index (χ4n) is 1.73. The summed E-state index contributed by atoms with van der Waals surface area (Å²) >= 11 is 0. The summed E-state index contributed by atoms with van der Waals surface area (Å²) in [6.07, 6.45) is 1.90. The van der Waals surface area contributed by atoms with Gasteiger partial charge in [-0.3, -0.25) is 4.79 Å². The molecule has 0 aliphatic carbocycles. The lowest BCUT2D eigenvalue weighted by Crippen LogP contribution is -2.47. The van der Waals surface area contributed by atoms with Gasteiger partial charge in [0.25, 0.3) is 0 Å². The molecule has 1 atom stereocenters. The standard InChI is InChI=1S/C10H20N2O4S.ClH/c1-16-5-6-17(14,15)8-10(13)12-9-3-2-4-11-7-9;/h9,11H,2-8H2,1H3,(H,12,13);1H/t9-;/m0./s1. The molecule has 1 saturated heterocycles. The maximum atomic E-state index is 11.5. The molecule has 18 heavy (non-hydrogen) atoms. The molecular formula is C10H21ClN2O4S. The van der Waals surface area contributed by atoms with Crippen LogP contribution in [0.1, 0.15) is 12.8 Å². The molecule has 0 spiro atoms. The van der Waals surface area contributed by atoms with Gasteiger partial charge < -0.3 is 15.4 Å². The number of hydrogen-bond acceptors (Lipinski definition) is 5. The zero-order chi connectivity index (χ0) is 12.7. The van der Waals surface area contributed by atoms with Crippen LogP contribution in [0.15, 0.2) is 0 Å². The lowest BCUT2D eigenvalue weighted by atomic mass is 10.1. The molecule has 6 nitrogen and oxygen atoms in total. The van der Waals surface area contributed by atoms with E-state index in [9.17, 15) is 13.2 Å². The van der Waals surface area contributed by atoms with E-state index >= 15 is 0 Å². The zero-order valence-corrected chi connectivity index (χ0v) is 12.1. The molecule has 1 rings (SSSR count). The Bertz CT molecular complexity index is 342. The number of halogens is 1. The number of nitrogens with one attached hydrogen (secondary N) is 2. The minimum Gasteiger partial charge on any atom is -0.384 e. The van der Waals surface area contributed by atoms with E-state index in [1.807, 2.05) is 0 Å². The first-order valence-electron chi connectivity index (χ1n) is 5.73. The van der Waals surface area contributed by atoms with E-state index < -0.39 is 21.5 Å². The van der Waals surface area contributed by atoms with Gasteiger partial charge in [0.05, 0.1) is 12.4 Å². The van der Waals surface area contributed by atoms with Gasteiger partial charge in [0, 0.05) is 19.7 Å². The number of carbonyl (C=O) groups is 1. The van der Waals surface area contributed by atoms with E-state index in [2.05, 4.69) is 15.4 Å². The first-order valence-corrected chi connectivity index (χ1v) is 7.55. The van der Waals surface area contributed by atoms with Crippen molar-refractivity contribution in [3.63, 3.8) is 0 Å². The van der Waals surface area contributed by atoms with Crippen molar-refractivity contribution in [3.8, 4) is 0 Å². The first kappa shape index (κ1) is 17.6. The fourth-order valence-corrected chi connectivity index (χ4v) is 2.77. The maximum absolute atomic E-state index is 11.5. The van der Waals surface area contributed by atoms with Gasteiger partial charge in [-0.15, -0.1) is 12.4 Å². The third-order valence-corrected chi connectivity index (χ3v) is 4.10. The van der Waals surface area contributed by atoms with Crippen molar-refractivity contribution in [1.29, 1.82) is 0 Å². The van der Waals surface area contributed by atoms with Crippen LogP contribution in [0.4, 0.5) is 0 Å². The summed E-state index contributed by atoms with van der Waals surface area (Å²) in [7, 11) is -1.92. The maximum Gasteiger partial charge on any atom is 0.235 e. The number of amides is 1. The summed E-state index contributed by atoms with van der Waals surface area (Å²) in [5.74, 6) is -0.984. The Morgan fingerprint density at radius 3 is 2.78 bits per heavy atom. The minimum absolute atomic E-state index is 0. The van der Waals surface area contributed by atoms with Gasteiger partial charge in [0.15, 0.2) is 9.84 Å². The third-order valence-electron chi connectivity index (χ3n) is 2.61. The monoisotopic (exact) mass is 300 g/mol. The number of carbonyl (C=O) groups excluding carboxylic acids is 1. The Balaban J connectivity index is 0.00000289. The third kappa shape index (κ3) is 7.15. The van der Waals surface area contributed by atoms with Crippen molar-refractivity contribution in [1.82, 2.24) is 10.6 Å². The average molecular weight is 301 g/mol. The molecule has 0 aromatic rings. The number of piperidine rings is 1. The van der Waals surface area contributed by atoms with Crippen molar-refractivity contribution in [2.45, 2.75) is 18.9 Å². The highest BCUT2D eigenvalue weighted by Crippen LogP contribution is 2.01. The lowest BCUT2D eigenvalue weighted by molar-refractivity contribution is -0.119. The molecule has 108 valence electrons. The number of methoxy groups -OCH3 is 1. The molecule has 1 heterocycles. The smallest absolute Gasteiger partial charge is 0.235 e. The average Bonchev–Trinajstić information content (AvgIpc) is 2.27. The molecular weight excluding hydrogens is 280 g/mol. The minimum atomic E-state index is -3.35. The number of ether oxygens (including phenoxy) is 1. The highest BCUT2D eigenvalue weighted by atomic mass is 35.5. The summed E-state index contributed by atoms with van der Waals surface area (Å²) in [6.45, 7) is 1.79. The Labute approximate surface area is 114 Å². The van der Waals surface area contributed by atoms with Gasteiger partial charge in [-0.25, -0.2) is 8.42 Å². The van der Waals surface area contributed by atoms with Crippen LogP contribution >= 0.6 is 12.4 Å². The van der Waals surface area contributed by atoms with Crippen LogP contribution in [0.3, 0.4) is 0 Å². The SMILES string of the molecule is COCCS(=O)(=O)CC(=O)N[C@H]1CCCNC1.Cl. The Hall–Kier alpha value is -0.370. The topological polar surface area (TPSA) is 84.5 Å². The first-order chi connectivity index (χ1) is 8.03. The van der Waals surface area contributed by atoms with Gasteiger partial charge in [-0.05, 0) is 19.4 Å². The van der Waals surface area contributed by atoms with Crippen LogP contribution in [-0.2, 0) is 19.4 Å². The van der Waals surface area contributed by atoms with Crippen LogP contribution < -0.4 is 10.6 Å². The number of sulfone groups is 1. The normalized spacial score (nSPS) is 19.9. The van der Waals surface area contributed by atoms with Crippen LogP contribution in [0, 0.1) is 0 Å². The number of rotatable bonds is 6. The molecule has 0 aromatic carbocycles. The van der Waals surface area contributed by atoms with Crippen LogP contribution in [0.5, 0.6) is 0 Å². The Morgan fingerprint density at radius 1 is 1.50 bits per heavy atom. The molecule has 8 heteroatoms. The van der Waals surface area contributed by atoms with E-state index in [1.165, 1.54) is 7.11 Å². The van der Waals surface area contributed by atoms with Gasteiger partial charge in [0.1, 0.15) is 5.75 Å². The Morgan fingerprint density at radius 2 is 2.22 bits per heavy atom. The Kier molecular flexibility index (Phi) is 8.51. The van der Waals surface area contributed by atoms with Crippen LogP contribution in [0.25, 0.3) is 0 Å². The largest absolute Gasteiger partial charge is 0.384 e. The van der Waals surface area contributed by atoms with Gasteiger partial charge >= 0.3 is 0 Å². The molecule has 0 aromatic heterocycles. The van der Waals surface area contributed by atoms with Crippen LogP contribution in [-0.4, -0.2) is 58.7 Å². The van der Waals surface area contributed by atoms with E-state index in [0.29, 0.717) is 6.54 Å². The summed E-state index contributed by atoms with van der Waals surface area (Å²) < 4.78 is 27.7. The highest BCUT2D eigenvalue weighted by Gasteiger charge is 2.20. The molecule has 1 fully saturated rings. The molecule has 1 aliphatic heterocycles. The van der Waals surface area contributed by atoms with Crippen molar-refractivity contribution >= 4 is 28.2 Å². The van der Waals surface area contributed by atoms with E-state index in [0.717, 1.165) is 19.4 Å².